The summed E-state index contributed by atoms with van der Waals surface area (Å²) in [6.07, 6.45) is 3.27. The van der Waals surface area contributed by atoms with Crippen LogP contribution in [0.5, 0.6) is 0 Å². The lowest BCUT2D eigenvalue weighted by molar-refractivity contribution is 0.0218. The predicted octanol–water partition coefficient (Wildman–Crippen LogP) is 1.88. The molecule has 3 aromatic heterocycles. The summed E-state index contributed by atoms with van der Waals surface area (Å²) >= 11 is 0. The lowest BCUT2D eigenvalue weighted by Gasteiger charge is -2.10. The summed E-state index contributed by atoms with van der Waals surface area (Å²) in [5, 5.41) is 4.38. The fourth-order valence-corrected chi connectivity index (χ4v) is 3.98. The minimum atomic E-state index is -0.428. The molecule has 0 atom stereocenters. The highest BCUT2D eigenvalue weighted by Gasteiger charge is 2.14. The Morgan fingerprint density at radius 1 is 0.889 bits per heavy atom. The second-order valence-corrected chi connectivity index (χ2v) is 8.23. The Morgan fingerprint density at radius 2 is 1.64 bits per heavy atom. The minimum absolute atomic E-state index is 0.0869. The fourth-order valence-electron chi connectivity index (χ4n) is 3.98. The smallest absolute Gasteiger partial charge is 0.332 e. The molecule has 3 heterocycles. The van der Waals surface area contributed by atoms with Crippen molar-refractivity contribution >= 4 is 27.9 Å². The van der Waals surface area contributed by atoms with E-state index in [0.717, 1.165) is 26.9 Å². The van der Waals surface area contributed by atoms with Crippen molar-refractivity contribution in [2.75, 3.05) is 13.2 Å². The number of fused-ring (bicyclic) bond motifs is 2. The van der Waals surface area contributed by atoms with Gasteiger partial charge in [0, 0.05) is 19.7 Å². The minimum Gasteiger partial charge on any atom is -0.393 e. The Balaban J connectivity index is 1.24. The van der Waals surface area contributed by atoms with Gasteiger partial charge in [-0.2, -0.15) is 0 Å². The van der Waals surface area contributed by atoms with Crippen LogP contribution in [-0.4, -0.2) is 47.2 Å². The van der Waals surface area contributed by atoms with Gasteiger partial charge in [-0.05, 0) is 12.1 Å². The van der Waals surface area contributed by atoms with Crippen molar-refractivity contribution in [2.24, 2.45) is 19.3 Å². The summed E-state index contributed by atoms with van der Waals surface area (Å²) in [6.45, 7) is 1.04. The highest BCUT2D eigenvalue weighted by molar-refractivity contribution is 6.00. The van der Waals surface area contributed by atoms with Crippen molar-refractivity contribution in [3.8, 4) is 0 Å². The number of hydrogen-bond acceptors (Lipinski definition) is 7. The molecule has 0 bridgehead atoms. The molecule has 184 valence electrons. The van der Waals surface area contributed by atoms with Crippen LogP contribution in [0.4, 0.5) is 0 Å². The number of ether oxygens (including phenoxy) is 1. The Kier molecular flexibility index (Phi) is 6.46. The number of oxime groups is 1. The van der Waals surface area contributed by atoms with Gasteiger partial charge in [0.2, 0.25) is 0 Å². The van der Waals surface area contributed by atoms with Gasteiger partial charge >= 0.3 is 5.69 Å². The number of hydrogen-bond donors (Lipinski definition) is 0. The van der Waals surface area contributed by atoms with Crippen LogP contribution < -0.4 is 11.2 Å². The molecular weight excluding hydrogens is 462 g/mol. The summed E-state index contributed by atoms with van der Waals surface area (Å²) in [5.74, 6) is 0. The van der Waals surface area contributed by atoms with Crippen LogP contribution >= 0.6 is 0 Å². The van der Waals surface area contributed by atoms with E-state index < -0.39 is 11.2 Å². The van der Waals surface area contributed by atoms with E-state index in [1.165, 1.54) is 17.9 Å². The Bertz CT molecular complexity index is 1660. The first-order valence-corrected chi connectivity index (χ1v) is 11.4. The van der Waals surface area contributed by atoms with Crippen LogP contribution in [0.15, 0.2) is 82.0 Å². The number of aromatic nitrogens is 6. The second kappa shape index (κ2) is 10.0. The van der Waals surface area contributed by atoms with E-state index in [2.05, 4.69) is 15.1 Å². The molecule has 2 aromatic carbocycles. The summed E-state index contributed by atoms with van der Waals surface area (Å²) in [4.78, 5) is 38.8. The van der Waals surface area contributed by atoms with Gasteiger partial charge in [0.05, 0.1) is 36.8 Å². The van der Waals surface area contributed by atoms with E-state index in [1.54, 1.807) is 17.9 Å². The van der Waals surface area contributed by atoms with E-state index in [0.29, 0.717) is 17.7 Å². The lowest BCUT2D eigenvalue weighted by atomic mass is 10.1. The van der Waals surface area contributed by atoms with E-state index in [4.69, 9.17) is 9.57 Å². The standard InChI is InChI=1S/C25H25N7O4/c1-29-23-22(24(33)30(2)25(29)34)32(16-27-23)17-35-12-13-36-28-20(18-8-4-3-5-9-18)14-31-15-26-19-10-6-7-11-21(19)31/h3-11,15-16H,12-14,17H2,1-2H3/b28-20-. The molecular formula is C25H25N7O4. The number of rotatable bonds is 9. The molecule has 0 fully saturated rings. The van der Waals surface area contributed by atoms with Crippen LogP contribution in [0.25, 0.3) is 22.2 Å². The van der Waals surface area contributed by atoms with Crippen LogP contribution in [-0.2, 0) is 36.9 Å². The predicted molar refractivity (Wildman–Crippen MR) is 135 cm³/mol. The first kappa shape index (κ1) is 23.2. The summed E-state index contributed by atoms with van der Waals surface area (Å²) < 4.78 is 11.7. The quantitative estimate of drug-likeness (QED) is 0.178. The zero-order valence-electron chi connectivity index (χ0n) is 19.9. The van der Waals surface area contributed by atoms with E-state index in [1.807, 2.05) is 59.2 Å². The van der Waals surface area contributed by atoms with Crippen LogP contribution in [0, 0.1) is 0 Å². The Morgan fingerprint density at radius 3 is 2.47 bits per heavy atom. The van der Waals surface area contributed by atoms with Gasteiger partial charge in [0.25, 0.3) is 5.56 Å². The van der Waals surface area contributed by atoms with Gasteiger partial charge in [0.1, 0.15) is 19.0 Å². The fraction of sp³-hybridized carbons (Fsp3) is 0.240. The van der Waals surface area contributed by atoms with E-state index >= 15 is 0 Å². The molecule has 5 aromatic rings. The third kappa shape index (κ3) is 4.43. The third-order valence-electron chi connectivity index (χ3n) is 5.90. The summed E-state index contributed by atoms with van der Waals surface area (Å²) in [7, 11) is 3.01. The molecule has 0 saturated heterocycles. The third-order valence-corrected chi connectivity index (χ3v) is 5.90. The molecule has 36 heavy (non-hydrogen) atoms. The number of benzene rings is 2. The summed E-state index contributed by atoms with van der Waals surface area (Å²) in [5.41, 5.74) is 3.40. The topological polar surface area (TPSA) is 110 Å². The average Bonchev–Trinajstić information content (AvgIpc) is 3.52. The zero-order valence-corrected chi connectivity index (χ0v) is 19.9. The lowest BCUT2D eigenvalue weighted by Crippen LogP contribution is -2.37. The highest BCUT2D eigenvalue weighted by atomic mass is 16.6. The maximum atomic E-state index is 12.5. The maximum absolute atomic E-state index is 12.5. The molecule has 0 radical (unpaired) electrons. The Hall–Kier alpha value is -4.51. The molecule has 0 amide bonds. The van der Waals surface area contributed by atoms with Crippen molar-refractivity contribution < 1.29 is 9.57 Å². The zero-order chi connectivity index (χ0) is 25.1. The first-order valence-electron chi connectivity index (χ1n) is 11.4. The molecule has 0 aliphatic heterocycles. The van der Waals surface area contributed by atoms with Gasteiger partial charge in [0.15, 0.2) is 11.2 Å². The summed E-state index contributed by atoms with van der Waals surface area (Å²) in [6, 6.07) is 17.7. The molecule has 11 heteroatoms. The van der Waals surface area contributed by atoms with Crippen molar-refractivity contribution in [3.63, 3.8) is 0 Å². The first-order chi connectivity index (χ1) is 17.5. The molecule has 0 spiro atoms. The van der Waals surface area contributed by atoms with Gasteiger partial charge < -0.3 is 18.7 Å². The van der Waals surface area contributed by atoms with Gasteiger partial charge in [-0.1, -0.05) is 47.6 Å². The van der Waals surface area contributed by atoms with Crippen LogP contribution in [0.3, 0.4) is 0 Å². The molecule has 0 aliphatic rings. The molecule has 11 nitrogen and oxygen atoms in total. The highest BCUT2D eigenvalue weighted by Crippen LogP contribution is 2.14. The molecule has 0 aliphatic carbocycles. The van der Waals surface area contributed by atoms with Crippen molar-refractivity contribution in [2.45, 2.75) is 13.3 Å². The number of imidazole rings is 2. The molecule has 0 saturated carbocycles. The van der Waals surface area contributed by atoms with E-state index in [9.17, 15) is 9.59 Å². The van der Waals surface area contributed by atoms with Crippen molar-refractivity contribution in [1.29, 1.82) is 0 Å². The SMILES string of the molecule is Cn1c(=O)c2c(ncn2COCCO/N=C(/Cn2cnc3ccccc32)c2ccccc2)n(C)c1=O. The number of aryl methyl sites for hydroxylation is 1. The molecule has 0 unspecified atom stereocenters. The molecule has 5 rings (SSSR count). The van der Waals surface area contributed by atoms with Crippen LogP contribution in [0.2, 0.25) is 0 Å². The number of nitrogens with zero attached hydrogens (tertiary/aromatic N) is 7. The second-order valence-electron chi connectivity index (χ2n) is 8.23. The van der Waals surface area contributed by atoms with Crippen LogP contribution in [0.1, 0.15) is 5.56 Å². The normalized spacial score (nSPS) is 12.0. The van der Waals surface area contributed by atoms with Gasteiger partial charge in [-0.3, -0.25) is 13.9 Å². The van der Waals surface area contributed by atoms with Crippen molar-refractivity contribution in [1.82, 2.24) is 28.2 Å². The monoisotopic (exact) mass is 487 g/mol. The van der Waals surface area contributed by atoms with Gasteiger partial charge in [-0.15, -0.1) is 0 Å². The largest absolute Gasteiger partial charge is 0.393 e. The van der Waals surface area contributed by atoms with E-state index in [-0.39, 0.29) is 19.9 Å². The average molecular weight is 488 g/mol. The van der Waals surface area contributed by atoms with Gasteiger partial charge in [-0.25, -0.2) is 14.8 Å². The van der Waals surface area contributed by atoms with Crippen molar-refractivity contribution in [3.05, 3.63) is 93.7 Å². The Labute approximate surface area is 205 Å². The number of para-hydroxylation sites is 2. The molecule has 0 N–H and O–H groups in total. The maximum Gasteiger partial charge on any atom is 0.332 e.